The maximum atomic E-state index is 13.8. The molecular weight excluding hydrogens is 490 g/mol. The summed E-state index contributed by atoms with van der Waals surface area (Å²) in [6, 6.07) is 26.9. The van der Waals surface area contributed by atoms with Crippen LogP contribution in [0.25, 0.3) is 0 Å². The average Bonchev–Trinajstić information content (AvgIpc) is 2.99. The van der Waals surface area contributed by atoms with Crippen molar-refractivity contribution in [3.63, 3.8) is 0 Å². The fourth-order valence-corrected chi connectivity index (χ4v) is 4.80. The fourth-order valence-electron chi connectivity index (χ4n) is 4.80. The fraction of sp³-hybridized carbons (Fsp3) is 0.375. The standard InChI is InChI=1S/C32H39N3O4/c1-38-29-15-12-28(13-16-29)25-35(31(36)17-14-26-8-4-2-5-9-26)30(24-27-10-6-3-7-11-27)32(37)33-18-19-34-20-22-39-23-21-34/h2-13,15-16,30H,14,17-25H2,1H3,(H,33,37)/t30-/m0/s1. The van der Waals surface area contributed by atoms with Gasteiger partial charge >= 0.3 is 0 Å². The molecule has 1 atom stereocenters. The zero-order chi connectivity index (χ0) is 27.3. The summed E-state index contributed by atoms with van der Waals surface area (Å²) in [5.74, 6) is 0.579. The third-order valence-electron chi connectivity index (χ3n) is 7.08. The molecule has 3 aromatic carbocycles. The van der Waals surface area contributed by atoms with E-state index < -0.39 is 6.04 Å². The van der Waals surface area contributed by atoms with Crippen LogP contribution in [0.5, 0.6) is 5.75 Å². The SMILES string of the molecule is COc1ccc(CN(C(=O)CCc2ccccc2)[C@@H](Cc2ccccc2)C(=O)NCCN2CCOCC2)cc1. The van der Waals surface area contributed by atoms with E-state index in [4.69, 9.17) is 9.47 Å². The molecule has 1 aliphatic rings. The number of carbonyl (C=O) groups excluding carboxylic acids is 2. The van der Waals surface area contributed by atoms with Crippen LogP contribution in [0, 0.1) is 0 Å². The summed E-state index contributed by atoms with van der Waals surface area (Å²) in [6.07, 6.45) is 1.39. The van der Waals surface area contributed by atoms with Crippen molar-refractivity contribution in [2.75, 3.05) is 46.5 Å². The van der Waals surface area contributed by atoms with Crippen molar-refractivity contribution < 1.29 is 19.1 Å². The molecule has 0 spiro atoms. The van der Waals surface area contributed by atoms with Gasteiger partial charge in [0.15, 0.2) is 0 Å². The number of hydrogen-bond donors (Lipinski definition) is 1. The Morgan fingerprint density at radius 1 is 0.897 bits per heavy atom. The van der Waals surface area contributed by atoms with Crippen LogP contribution in [-0.2, 0) is 33.7 Å². The zero-order valence-electron chi connectivity index (χ0n) is 22.8. The van der Waals surface area contributed by atoms with Crippen LogP contribution >= 0.6 is 0 Å². The Balaban J connectivity index is 1.54. The molecule has 0 aromatic heterocycles. The van der Waals surface area contributed by atoms with E-state index in [0.717, 1.165) is 55.3 Å². The van der Waals surface area contributed by atoms with Gasteiger partial charge in [0.25, 0.3) is 0 Å². The van der Waals surface area contributed by atoms with E-state index in [1.807, 2.05) is 84.9 Å². The number of ether oxygens (including phenoxy) is 2. The third kappa shape index (κ3) is 8.94. The van der Waals surface area contributed by atoms with Crippen LogP contribution < -0.4 is 10.1 Å². The van der Waals surface area contributed by atoms with Crippen molar-refractivity contribution in [3.8, 4) is 5.75 Å². The molecule has 1 fully saturated rings. The third-order valence-corrected chi connectivity index (χ3v) is 7.08. The number of nitrogens with zero attached hydrogens (tertiary/aromatic N) is 2. The Kier molecular flexibility index (Phi) is 10.9. The highest BCUT2D eigenvalue weighted by Crippen LogP contribution is 2.19. The number of benzene rings is 3. The van der Waals surface area contributed by atoms with Gasteiger partial charge in [-0.3, -0.25) is 14.5 Å². The van der Waals surface area contributed by atoms with Gasteiger partial charge in [-0.1, -0.05) is 72.8 Å². The lowest BCUT2D eigenvalue weighted by Crippen LogP contribution is -2.52. The van der Waals surface area contributed by atoms with E-state index in [9.17, 15) is 9.59 Å². The summed E-state index contributed by atoms with van der Waals surface area (Å²) in [6.45, 7) is 4.79. The van der Waals surface area contributed by atoms with Gasteiger partial charge in [0.2, 0.25) is 11.8 Å². The van der Waals surface area contributed by atoms with E-state index in [1.54, 1.807) is 12.0 Å². The molecule has 1 aliphatic heterocycles. The molecule has 0 unspecified atom stereocenters. The largest absolute Gasteiger partial charge is 0.497 e. The number of aryl methyl sites for hydroxylation is 1. The van der Waals surface area contributed by atoms with Gasteiger partial charge in [-0.05, 0) is 35.2 Å². The summed E-state index contributed by atoms with van der Waals surface area (Å²) >= 11 is 0. The van der Waals surface area contributed by atoms with E-state index in [1.165, 1.54) is 0 Å². The molecule has 7 heteroatoms. The summed E-state index contributed by atoms with van der Waals surface area (Å²) in [4.78, 5) is 31.6. The van der Waals surface area contributed by atoms with E-state index >= 15 is 0 Å². The predicted molar refractivity (Wildman–Crippen MR) is 153 cm³/mol. The highest BCUT2D eigenvalue weighted by molar-refractivity contribution is 5.88. The molecule has 3 aromatic rings. The van der Waals surface area contributed by atoms with Gasteiger partial charge in [-0.25, -0.2) is 0 Å². The topological polar surface area (TPSA) is 71.1 Å². The average molecular weight is 530 g/mol. The number of methoxy groups -OCH3 is 1. The maximum Gasteiger partial charge on any atom is 0.243 e. The molecule has 206 valence electrons. The second-order valence-corrected chi connectivity index (χ2v) is 9.81. The molecular formula is C32H39N3O4. The molecule has 0 bridgehead atoms. The minimum atomic E-state index is -0.637. The maximum absolute atomic E-state index is 13.8. The molecule has 0 aliphatic carbocycles. The minimum Gasteiger partial charge on any atom is -0.497 e. The summed E-state index contributed by atoms with van der Waals surface area (Å²) < 4.78 is 10.7. The van der Waals surface area contributed by atoms with E-state index in [0.29, 0.717) is 32.4 Å². The summed E-state index contributed by atoms with van der Waals surface area (Å²) in [5, 5.41) is 3.13. The van der Waals surface area contributed by atoms with Crippen molar-refractivity contribution in [1.29, 1.82) is 0 Å². The van der Waals surface area contributed by atoms with Crippen LogP contribution in [0.4, 0.5) is 0 Å². The Labute approximate surface area is 231 Å². The first kappa shape index (κ1) is 28.3. The van der Waals surface area contributed by atoms with Crippen LogP contribution in [0.15, 0.2) is 84.9 Å². The van der Waals surface area contributed by atoms with Crippen molar-refractivity contribution in [1.82, 2.24) is 15.1 Å². The van der Waals surface area contributed by atoms with Gasteiger partial charge in [-0.15, -0.1) is 0 Å². The monoisotopic (exact) mass is 529 g/mol. The molecule has 1 saturated heterocycles. The van der Waals surface area contributed by atoms with E-state index in [2.05, 4.69) is 10.2 Å². The normalized spacial score (nSPS) is 14.4. The second kappa shape index (κ2) is 15.0. The molecule has 39 heavy (non-hydrogen) atoms. The second-order valence-electron chi connectivity index (χ2n) is 9.81. The molecule has 0 radical (unpaired) electrons. The highest BCUT2D eigenvalue weighted by Gasteiger charge is 2.30. The lowest BCUT2D eigenvalue weighted by atomic mass is 10.0. The number of hydrogen-bond acceptors (Lipinski definition) is 5. The summed E-state index contributed by atoms with van der Waals surface area (Å²) in [5.41, 5.74) is 3.06. The van der Waals surface area contributed by atoms with Gasteiger partial charge < -0.3 is 19.7 Å². The first-order valence-corrected chi connectivity index (χ1v) is 13.7. The van der Waals surface area contributed by atoms with Gasteiger partial charge in [-0.2, -0.15) is 0 Å². The molecule has 2 amide bonds. The van der Waals surface area contributed by atoms with Crippen LogP contribution in [0.1, 0.15) is 23.1 Å². The minimum absolute atomic E-state index is 0.0427. The highest BCUT2D eigenvalue weighted by atomic mass is 16.5. The van der Waals surface area contributed by atoms with Gasteiger partial charge in [0.1, 0.15) is 11.8 Å². The Morgan fingerprint density at radius 2 is 1.54 bits per heavy atom. The van der Waals surface area contributed by atoms with Crippen LogP contribution in [0.2, 0.25) is 0 Å². The Hall–Kier alpha value is -3.68. The first-order chi connectivity index (χ1) is 19.1. The van der Waals surface area contributed by atoms with Gasteiger partial charge in [0.05, 0.1) is 20.3 Å². The smallest absolute Gasteiger partial charge is 0.243 e. The number of amides is 2. The number of nitrogens with one attached hydrogen (secondary N) is 1. The molecule has 4 rings (SSSR count). The number of morpholine rings is 1. The van der Waals surface area contributed by atoms with Crippen molar-refractivity contribution in [2.45, 2.75) is 31.8 Å². The van der Waals surface area contributed by atoms with Crippen molar-refractivity contribution in [2.24, 2.45) is 0 Å². The molecule has 1 N–H and O–H groups in total. The number of carbonyl (C=O) groups is 2. The lowest BCUT2D eigenvalue weighted by Gasteiger charge is -2.32. The van der Waals surface area contributed by atoms with Crippen molar-refractivity contribution in [3.05, 3.63) is 102 Å². The number of rotatable bonds is 13. The Bertz CT molecular complexity index is 1150. The van der Waals surface area contributed by atoms with Gasteiger partial charge in [0, 0.05) is 45.6 Å². The Morgan fingerprint density at radius 3 is 2.18 bits per heavy atom. The van der Waals surface area contributed by atoms with Crippen LogP contribution in [0.3, 0.4) is 0 Å². The van der Waals surface area contributed by atoms with E-state index in [-0.39, 0.29) is 11.8 Å². The zero-order valence-corrected chi connectivity index (χ0v) is 22.8. The molecule has 7 nitrogen and oxygen atoms in total. The van der Waals surface area contributed by atoms with Crippen LogP contribution in [-0.4, -0.2) is 74.2 Å². The lowest BCUT2D eigenvalue weighted by molar-refractivity contribution is -0.141. The van der Waals surface area contributed by atoms with Crippen molar-refractivity contribution >= 4 is 11.8 Å². The predicted octanol–water partition coefficient (Wildman–Crippen LogP) is 3.72. The molecule has 1 heterocycles. The first-order valence-electron chi connectivity index (χ1n) is 13.7. The summed E-state index contributed by atoms with van der Waals surface area (Å²) in [7, 11) is 1.63. The quantitative estimate of drug-likeness (QED) is 0.366. The molecule has 0 saturated carbocycles.